The third-order valence-electron chi connectivity index (χ3n) is 3.19. The van der Waals surface area contributed by atoms with Gasteiger partial charge in [0, 0.05) is 6.54 Å². The molecule has 1 aromatic heterocycles. The van der Waals surface area contributed by atoms with Gasteiger partial charge in [0.1, 0.15) is 12.4 Å². The summed E-state index contributed by atoms with van der Waals surface area (Å²) in [6, 6.07) is 7.39. The highest BCUT2D eigenvalue weighted by molar-refractivity contribution is 6.31. The quantitative estimate of drug-likeness (QED) is 0.918. The standard InChI is InChI=1S/C15H19ClN2O2/c1-4-18-14(15(16)10(2)17-18)9-20-13-7-5-12(6-8-13)11(3)19/h5-8,11,19H,4,9H2,1-3H3/t11-/m1/s1. The van der Waals surface area contributed by atoms with Gasteiger partial charge in [-0.15, -0.1) is 0 Å². The van der Waals surface area contributed by atoms with E-state index in [2.05, 4.69) is 5.10 Å². The van der Waals surface area contributed by atoms with Crippen molar-refractivity contribution < 1.29 is 9.84 Å². The molecule has 0 bridgehead atoms. The Kier molecular flexibility index (Phi) is 4.68. The van der Waals surface area contributed by atoms with Crippen LogP contribution in [0.15, 0.2) is 24.3 Å². The predicted molar refractivity (Wildman–Crippen MR) is 79.1 cm³/mol. The van der Waals surface area contributed by atoms with E-state index in [9.17, 15) is 5.11 Å². The molecule has 4 nitrogen and oxygen atoms in total. The van der Waals surface area contributed by atoms with Crippen LogP contribution in [0.3, 0.4) is 0 Å². The fraction of sp³-hybridized carbons (Fsp3) is 0.400. The third-order valence-corrected chi connectivity index (χ3v) is 3.68. The summed E-state index contributed by atoms with van der Waals surface area (Å²) in [5.74, 6) is 0.743. The Balaban J connectivity index is 2.09. The monoisotopic (exact) mass is 294 g/mol. The summed E-state index contributed by atoms with van der Waals surface area (Å²) >= 11 is 6.23. The molecule has 0 aliphatic heterocycles. The van der Waals surface area contributed by atoms with E-state index in [4.69, 9.17) is 16.3 Å². The number of aryl methyl sites for hydroxylation is 2. The average molecular weight is 295 g/mol. The number of aliphatic hydroxyl groups excluding tert-OH is 1. The summed E-state index contributed by atoms with van der Waals surface area (Å²) in [6.45, 7) is 6.77. The molecule has 5 heteroatoms. The molecule has 20 heavy (non-hydrogen) atoms. The zero-order valence-corrected chi connectivity index (χ0v) is 12.7. The maximum atomic E-state index is 9.46. The van der Waals surface area contributed by atoms with E-state index in [0.29, 0.717) is 11.6 Å². The van der Waals surface area contributed by atoms with Gasteiger partial charge >= 0.3 is 0 Å². The van der Waals surface area contributed by atoms with Gasteiger partial charge in [0.15, 0.2) is 0 Å². The van der Waals surface area contributed by atoms with Gasteiger partial charge in [-0.05, 0) is 38.5 Å². The molecule has 0 spiro atoms. The van der Waals surface area contributed by atoms with E-state index in [1.165, 1.54) is 0 Å². The number of ether oxygens (including phenoxy) is 1. The van der Waals surface area contributed by atoms with Crippen LogP contribution in [0.1, 0.15) is 36.9 Å². The molecule has 2 rings (SSSR count). The molecule has 1 heterocycles. The summed E-state index contributed by atoms with van der Waals surface area (Å²) in [5, 5.41) is 14.5. The first-order valence-corrected chi connectivity index (χ1v) is 7.03. The predicted octanol–water partition coefficient (Wildman–Crippen LogP) is 3.50. The smallest absolute Gasteiger partial charge is 0.131 e. The number of hydrogen-bond acceptors (Lipinski definition) is 3. The van der Waals surface area contributed by atoms with Crippen LogP contribution in [0.25, 0.3) is 0 Å². The largest absolute Gasteiger partial charge is 0.487 e. The summed E-state index contributed by atoms with van der Waals surface area (Å²) in [7, 11) is 0. The first-order valence-electron chi connectivity index (χ1n) is 6.65. The Labute approximate surface area is 123 Å². The summed E-state index contributed by atoms with van der Waals surface area (Å²) < 4.78 is 7.59. The Bertz CT molecular complexity index is 576. The molecule has 0 saturated carbocycles. The molecule has 0 saturated heterocycles. The molecule has 2 aromatic rings. The van der Waals surface area contributed by atoms with E-state index in [0.717, 1.165) is 29.2 Å². The minimum absolute atomic E-state index is 0.377. The zero-order valence-electron chi connectivity index (χ0n) is 11.9. The molecule has 0 unspecified atom stereocenters. The van der Waals surface area contributed by atoms with Crippen LogP contribution in [0, 0.1) is 6.92 Å². The molecular formula is C15H19ClN2O2. The minimum atomic E-state index is -0.470. The Hall–Kier alpha value is -1.52. The highest BCUT2D eigenvalue weighted by Crippen LogP contribution is 2.23. The maximum absolute atomic E-state index is 9.46. The van der Waals surface area contributed by atoms with Gasteiger partial charge in [-0.3, -0.25) is 4.68 Å². The Morgan fingerprint density at radius 3 is 2.55 bits per heavy atom. The van der Waals surface area contributed by atoms with Crippen LogP contribution in [0.2, 0.25) is 5.02 Å². The van der Waals surface area contributed by atoms with Crippen LogP contribution in [0.5, 0.6) is 5.75 Å². The summed E-state index contributed by atoms with van der Waals surface area (Å²) in [5.41, 5.74) is 2.56. The number of aliphatic hydroxyl groups is 1. The van der Waals surface area contributed by atoms with Crippen LogP contribution in [-0.2, 0) is 13.2 Å². The number of benzene rings is 1. The van der Waals surface area contributed by atoms with Crippen molar-refractivity contribution in [3.05, 3.63) is 46.2 Å². The van der Waals surface area contributed by atoms with Gasteiger partial charge in [0.2, 0.25) is 0 Å². The summed E-state index contributed by atoms with van der Waals surface area (Å²) in [6.07, 6.45) is -0.470. The zero-order chi connectivity index (χ0) is 14.7. The second kappa shape index (κ2) is 6.29. The molecule has 0 aliphatic rings. The molecule has 108 valence electrons. The van der Waals surface area contributed by atoms with E-state index < -0.39 is 6.10 Å². The van der Waals surface area contributed by atoms with Crippen molar-refractivity contribution in [3.63, 3.8) is 0 Å². The second-order valence-electron chi connectivity index (χ2n) is 4.70. The lowest BCUT2D eigenvalue weighted by Crippen LogP contribution is -2.06. The average Bonchev–Trinajstić information content (AvgIpc) is 2.72. The highest BCUT2D eigenvalue weighted by atomic mass is 35.5. The van der Waals surface area contributed by atoms with Crippen molar-refractivity contribution in [1.29, 1.82) is 0 Å². The van der Waals surface area contributed by atoms with Gasteiger partial charge in [-0.2, -0.15) is 5.10 Å². The van der Waals surface area contributed by atoms with Crippen LogP contribution >= 0.6 is 11.6 Å². The van der Waals surface area contributed by atoms with Crippen molar-refractivity contribution >= 4 is 11.6 Å². The fourth-order valence-corrected chi connectivity index (χ4v) is 2.19. The number of halogens is 1. The van der Waals surface area contributed by atoms with Crippen molar-refractivity contribution in [2.45, 2.75) is 40.0 Å². The molecule has 0 radical (unpaired) electrons. The lowest BCUT2D eigenvalue weighted by Gasteiger charge is -2.10. The maximum Gasteiger partial charge on any atom is 0.131 e. The molecule has 1 atom stereocenters. The number of aromatic nitrogens is 2. The first-order chi connectivity index (χ1) is 9.52. The lowest BCUT2D eigenvalue weighted by molar-refractivity contribution is 0.199. The van der Waals surface area contributed by atoms with Gasteiger partial charge < -0.3 is 9.84 Å². The number of nitrogens with zero attached hydrogens (tertiary/aromatic N) is 2. The number of hydrogen-bond donors (Lipinski definition) is 1. The van der Waals surface area contributed by atoms with Crippen molar-refractivity contribution in [1.82, 2.24) is 9.78 Å². The molecule has 1 aromatic carbocycles. The molecule has 0 aliphatic carbocycles. The van der Waals surface area contributed by atoms with E-state index >= 15 is 0 Å². The van der Waals surface area contributed by atoms with Crippen LogP contribution in [0.4, 0.5) is 0 Å². The third kappa shape index (κ3) is 3.14. The topological polar surface area (TPSA) is 47.3 Å². The van der Waals surface area contributed by atoms with Gasteiger partial charge in [-0.1, -0.05) is 23.7 Å². The molecule has 0 fully saturated rings. The van der Waals surface area contributed by atoms with Crippen LogP contribution in [-0.4, -0.2) is 14.9 Å². The van der Waals surface area contributed by atoms with Crippen molar-refractivity contribution in [3.8, 4) is 5.75 Å². The van der Waals surface area contributed by atoms with E-state index in [1.807, 2.05) is 42.8 Å². The Morgan fingerprint density at radius 2 is 2.00 bits per heavy atom. The van der Waals surface area contributed by atoms with E-state index in [1.54, 1.807) is 6.92 Å². The normalized spacial score (nSPS) is 12.4. The molecular weight excluding hydrogens is 276 g/mol. The van der Waals surface area contributed by atoms with Crippen molar-refractivity contribution in [2.75, 3.05) is 0 Å². The van der Waals surface area contributed by atoms with Gasteiger partial charge in [0.25, 0.3) is 0 Å². The minimum Gasteiger partial charge on any atom is -0.487 e. The fourth-order valence-electron chi connectivity index (χ4n) is 2.00. The van der Waals surface area contributed by atoms with Crippen LogP contribution < -0.4 is 4.74 Å². The van der Waals surface area contributed by atoms with Gasteiger partial charge in [0.05, 0.1) is 22.5 Å². The first kappa shape index (κ1) is 14.9. The molecule has 0 amide bonds. The van der Waals surface area contributed by atoms with E-state index in [-0.39, 0.29) is 0 Å². The molecule has 1 N–H and O–H groups in total. The highest BCUT2D eigenvalue weighted by Gasteiger charge is 2.13. The van der Waals surface area contributed by atoms with Crippen molar-refractivity contribution in [2.24, 2.45) is 0 Å². The van der Waals surface area contributed by atoms with Gasteiger partial charge in [-0.25, -0.2) is 0 Å². The Morgan fingerprint density at radius 1 is 1.35 bits per heavy atom. The lowest BCUT2D eigenvalue weighted by atomic mass is 10.1. The number of rotatable bonds is 5. The summed E-state index contributed by atoms with van der Waals surface area (Å²) in [4.78, 5) is 0. The second-order valence-corrected chi connectivity index (χ2v) is 5.07. The SMILES string of the molecule is CCn1nc(C)c(Cl)c1COc1ccc([C@@H](C)O)cc1.